The zero-order valence-electron chi connectivity index (χ0n) is 13.8. The molecule has 0 heterocycles. The van der Waals surface area contributed by atoms with E-state index in [1.165, 1.54) is 6.07 Å². The molecule has 3 rings (SSSR count). The van der Waals surface area contributed by atoms with Crippen LogP contribution in [0.2, 0.25) is 0 Å². The van der Waals surface area contributed by atoms with Gasteiger partial charge in [-0.05, 0) is 41.5 Å². The Kier molecular flexibility index (Phi) is 4.16. The molecule has 0 radical (unpaired) electrons. The molecule has 0 aliphatic heterocycles. The van der Waals surface area contributed by atoms with Crippen molar-refractivity contribution < 1.29 is 24.1 Å². The molecule has 0 unspecified atom stereocenters. The number of carbonyl (C=O) groups is 1. The van der Waals surface area contributed by atoms with Crippen molar-refractivity contribution in [1.29, 1.82) is 0 Å². The van der Waals surface area contributed by atoms with E-state index in [1.807, 2.05) is 6.08 Å². The van der Waals surface area contributed by atoms with Crippen LogP contribution in [-0.4, -0.2) is 32.2 Å². The first-order valence-corrected chi connectivity index (χ1v) is 7.44. The van der Waals surface area contributed by atoms with E-state index in [-0.39, 0.29) is 11.5 Å². The highest BCUT2D eigenvalue weighted by Crippen LogP contribution is 2.39. The minimum atomic E-state index is -0.0744. The number of ketones is 1. The maximum atomic E-state index is 12.5. The molecular weight excluding hydrogens is 308 g/mol. The van der Waals surface area contributed by atoms with Gasteiger partial charge >= 0.3 is 0 Å². The highest BCUT2D eigenvalue weighted by molar-refractivity contribution is 6.15. The monoisotopic (exact) mass is 326 g/mol. The van der Waals surface area contributed by atoms with Crippen LogP contribution < -0.4 is 14.2 Å². The number of allylic oxidation sites excluding steroid dienone is 1. The molecule has 5 heteroatoms. The third-order valence-electron chi connectivity index (χ3n) is 4.04. The molecule has 5 nitrogen and oxygen atoms in total. The fourth-order valence-corrected chi connectivity index (χ4v) is 2.89. The van der Waals surface area contributed by atoms with Gasteiger partial charge in [-0.1, -0.05) is 6.07 Å². The molecule has 0 atom stereocenters. The zero-order chi connectivity index (χ0) is 17.3. The van der Waals surface area contributed by atoms with Gasteiger partial charge in [-0.2, -0.15) is 0 Å². The van der Waals surface area contributed by atoms with Crippen LogP contribution >= 0.6 is 0 Å². The first-order chi connectivity index (χ1) is 11.6. The summed E-state index contributed by atoms with van der Waals surface area (Å²) in [5, 5.41) is 9.57. The third-order valence-corrected chi connectivity index (χ3v) is 4.04. The van der Waals surface area contributed by atoms with Gasteiger partial charge in [0.1, 0.15) is 5.75 Å². The van der Waals surface area contributed by atoms with Crippen molar-refractivity contribution in [3.05, 3.63) is 52.6 Å². The summed E-state index contributed by atoms with van der Waals surface area (Å²) < 4.78 is 16.0. The van der Waals surface area contributed by atoms with Crippen molar-refractivity contribution >= 4 is 11.9 Å². The lowest BCUT2D eigenvalue weighted by Crippen LogP contribution is -1.97. The molecule has 24 heavy (non-hydrogen) atoms. The Morgan fingerprint density at radius 3 is 2.25 bits per heavy atom. The number of benzene rings is 2. The van der Waals surface area contributed by atoms with Crippen molar-refractivity contribution in [1.82, 2.24) is 0 Å². The van der Waals surface area contributed by atoms with E-state index in [4.69, 9.17) is 14.2 Å². The molecule has 0 spiro atoms. The molecule has 0 fully saturated rings. The van der Waals surface area contributed by atoms with E-state index < -0.39 is 0 Å². The summed E-state index contributed by atoms with van der Waals surface area (Å²) in [7, 11) is 4.64. The summed E-state index contributed by atoms with van der Waals surface area (Å²) in [5.74, 6) is 1.59. The van der Waals surface area contributed by atoms with Crippen LogP contribution in [0.1, 0.15) is 21.5 Å². The summed E-state index contributed by atoms with van der Waals surface area (Å²) in [6.07, 6.45) is 2.34. The lowest BCUT2D eigenvalue weighted by atomic mass is 10.1. The first-order valence-electron chi connectivity index (χ1n) is 7.44. The van der Waals surface area contributed by atoms with Crippen LogP contribution in [0.3, 0.4) is 0 Å². The molecule has 124 valence electrons. The van der Waals surface area contributed by atoms with Gasteiger partial charge in [0.2, 0.25) is 5.75 Å². The summed E-state index contributed by atoms with van der Waals surface area (Å²) in [6.45, 7) is 0. The lowest BCUT2D eigenvalue weighted by Gasteiger charge is -2.13. The zero-order valence-corrected chi connectivity index (χ0v) is 13.8. The van der Waals surface area contributed by atoms with Crippen LogP contribution in [0.5, 0.6) is 23.0 Å². The van der Waals surface area contributed by atoms with Crippen molar-refractivity contribution in [3.8, 4) is 23.0 Å². The van der Waals surface area contributed by atoms with Gasteiger partial charge < -0.3 is 19.3 Å². The number of methoxy groups -OCH3 is 3. The molecule has 0 saturated carbocycles. The van der Waals surface area contributed by atoms with Gasteiger partial charge in [-0.3, -0.25) is 4.79 Å². The Balaban J connectivity index is 2.02. The van der Waals surface area contributed by atoms with Crippen molar-refractivity contribution in [3.63, 3.8) is 0 Å². The smallest absolute Gasteiger partial charge is 0.203 e. The maximum Gasteiger partial charge on any atom is 0.203 e. The molecule has 0 bridgehead atoms. The number of phenolic OH excluding ortho intramolecular Hbond substituents is 1. The first kappa shape index (κ1) is 15.9. The molecule has 1 aliphatic carbocycles. The highest BCUT2D eigenvalue weighted by Gasteiger charge is 2.25. The van der Waals surface area contributed by atoms with Crippen molar-refractivity contribution in [2.45, 2.75) is 6.42 Å². The van der Waals surface area contributed by atoms with E-state index >= 15 is 0 Å². The van der Waals surface area contributed by atoms with Crippen LogP contribution in [0, 0.1) is 0 Å². The SMILES string of the molecule is COc1cc(/C=C2\Cc3ccc(O)cc3C2=O)cc(OC)c1OC. The number of hydrogen-bond acceptors (Lipinski definition) is 5. The van der Waals surface area contributed by atoms with E-state index in [1.54, 1.807) is 45.6 Å². The molecular formula is C19H18O5. The van der Waals surface area contributed by atoms with Gasteiger partial charge in [-0.25, -0.2) is 0 Å². The number of rotatable bonds is 4. The van der Waals surface area contributed by atoms with Crippen LogP contribution in [-0.2, 0) is 6.42 Å². The van der Waals surface area contributed by atoms with Crippen molar-refractivity contribution in [2.24, 2.45) is 0 Å². The van der Waals surface area contributed by atoms with Gasteiger partial charge in [0.05, 0.1) is 21.3 Å². The Hall–Kier alpha value is -2.95. The molecule has 0 saturated heterocycles. The summed E-state index contributed by atoms with van der Waals surface area (Å²) >= 11 is 0. The van der Waals surface area contributed by atoms with E-state index in [0.29, 0.717) is 34.8 Å². The average molecular weight is 326 g/mol. The van der Waals surface area contributed by atoms with Gasteiger partial charge in [0.25, 0.3) is 0 Å². The van der Waals surface area contributed by atoms with Crippen LogP contribution in [0.4, 0.5) is 0 Å². The fourth-order valence-electron chi connectivity index (χ4n) is 2.89. The highest BCUT2D eigenvalue weighted by atomic mass is 16.5. The maximum absolute atomic E-state index is 12.5. The molecule has 0 aromatic heterocycles. The van der Waals surface area contributed by atoms with E-state index in [2.05, 4.69) is 0 Å². The fraction of sp³-hybridized carbons (Fsp3) is 0.211. The molecule has 0 amide bonds. The Morgan fingerprint density at radius 1 is 1.00 bits per heavy atom. The van der Waals surface area contributed by atoms with Crippen molar-refractivity contribution in [2.75, 3.05) is 21.3 Å². The standard InChI is InChI=1S/C19H18O5/c1-22-16-7-11(8-17(23-2)19(16)24-3)6-13-9-12-4-5-14(20)10-15(12)18(13)21/h4-8,10,20H,9H2,1-3H3/b13-6+. The van der Waals surface area contributed by atoms with E-state index in [0.717, 1.165) is 11.1 Å². The number of carbonyl (C=O) groups excluding carboxylic acids is 1. The Morgan fingerprint density at radius 2 is 1.67 bits per heavy atom. The normalized spacial score (nSPS) is 14.6. The summed E-state index contributed by atoms with van der Waals surface area (Å²) in [4.78, 5) is 12.5. The third kappa shape index (κ3) is 2.69. The number of Topliss-reactive ketones (excluding diaryl/α,β-unsaturated/α-hetero) is 1. The quantitative estimate of drug-likeness (QED) is 0.874. The predicted octanol–water partition coefficient (Wildman–Crippen LogP) is 3.24. The average Bonchev–Trinajstić information content (AvgIpc) is 2.89. The topological polar surface area (TPSA) is 65.0 Å². The molecule has 2 aromatic rings. The minimum absolute atomic E-state index is 0.0744. The minimum Gasteiger partial charge on any atom is -0.508 e. The van der Waals surface area contributed by atoms with Crippen LogP contribution in [0.15, 0.2) is 35.9 Å². The lowest BCUT2D eigenvalue weighted by molar-refractivity contribution is 0.104. The second-order valence-electron chi connectivity index (χ2n) is 5.48. The number of ether oxygens (including phenoxy) is 3. The second-order valence-corrected chi connectivity index (χ2v) is 5.48. The largest absolute Gasteiger partial charge is 0.508 e. The summed E-state index contributed by atoms with van der Waals surface area (Å²) in [5.41, 5.74) is 2.90. The molecule has 2 aromatic carbocycles. The Bertz CT molecular complexity index is 811. The summed E-state index contributed by atoms with van der Waals surface area (Å²) in [6, 6.07) is 8.46. The predicted molar refractivity (Wildman–Crippen MR) is 90.2 cm³/mol. The van der Waals surface area contributed by atoms with Crippen LogP contribution in [0.25, 0.3) is 6.08 Å². The second kappa shape index (κ2) is 6.28. The van der Waals surface area contributed by atoms with E-state index in [9.17, 15) is 9.90 Å². The van der Waals surface area contributed by atoms with Gasteiger partial charge in [0, 0.05) is 17.6 Å². The number of hydrogen-bond donors (Lipinski definition) is 1. The van der Waals surface area contributed by atoms with Gasteiger partial charge in [0.15, 0.2) is 17.3 Å². The molecule has 1 N–H and O–H groups in total. The Labute approximate surface area is 140 Å². The number of fused-ring (bicyclic) bond motifs is 1. The number of phenols is 1. The van der Waals surface area contributed by atoms with Gasteiger partial charge in [-0.15, -0.1) is 0 Å². The molecule has 1 aliphatic rings. The number of aromatic hydroxyl groups is 1.